The molecule has 16 heteroatoms. The lowest BCUT2D eigenvalue weighted by molar-refractivity contribution is 0.115. The molecule has 0 amide bonds. The molecule has 1 heterocycles. The average molecular weight is 645 g/mol. The molecule has 0 unspecified atom stereocenters. The summed E-state index contributed by atoms with van der Waals surface area (Å²) in [6, 6.07) is 0. The van der Waals surface area contributed by atoms with E-state index in [1.807, 2.05) is 0 Å². The number of hydrogen-bond donors (Lipinski definition) is 0. The van der Waals surface area contributed by atoms with Crippen molar-refractivity contribution >= 4 is 29.9 Å². The summed E-state index contributed by atoms with van der Waals surface area (Å²) in [6.07, 6.45) is 0. The van der Waals surface area contributed by atoms with Gasteiger partial charge in [-0.2, -0.15) is 13.5 Å². The SMILES string of the molecule is CC(C)P(=NP1(=NC(C)(C)C)N=P(N(C)C)(N(C)C)N(C)C(C)(C)N(C)P(N(C)C)(N(C)C)=N1)(N(C)C)N(C)C. The zero-order valence-corrected chi connectivity index (χ0v) is 33.3. The van der Waals surface area contributed by atoms with Crippen molar-refractivity contribution < 1.29 is 0 Å². The summed E-state index contributed by atoms with van der Waals surface area (Å²) in [7, 11) is 19.6. The maximum absolute atomic E-state index is 6.01. The maximum Gasteiger partial charge on any atom is 0.305 e. The van der Waals surface area contributed by atoms with E-state index in [-0.39, 0.29) is 5.66 Å². The first kappa shape index (κ1) is 38.6. The molecule has 0 aromatic heterocycles. The summed E-state index contributed by atoms with van der Waals surface area (Å²) in [4.78, 5) is 0. The minimum Gasteiger partial charge on any atom is -0.264 e. The van der Waals surface area contributed by atoms with Crippen molar-refractivity contribution in [3.05, 3.63) is 0 Å². The van der Waals surface area contributed by atoms with Crippen LogP contribution in [0.4, 0.5) is 0 Å². The maximum atomic E-state index is 6.01. The highest BCUT2D eigenvalue weighted by Gasteiger charge is 2.52. The lowest BCUT2D eigenvalue weighted by Gasteiger charge is -2.58. The van der Waals surface area contributed by atoms with Crippen LogP contribution in [0.25, 0.3) is 0 Å². The van der Waals surface area contributed by atoms with Gasteiger partial charge in [0, 0.05) is 5.66 Å². The summed E-state index contributed by atoms with van der Waals surface area (Å²) in [5, 5.41) is 0. The molecule has 1 rings (SSSR count). The van der Waals surface area contributed by atoms with Gasteiger partial charge in [0.05, 0.1) is 11.2 Å². The minimum atomic E-state index is -3.14. The third kappa shape index (κ3) is 6.65. The van der Waals surface area contributed by atoms with Crippen LogP contribution in [-0.4, -0.2) is 153 Å². The number of rotatable bonds is 8. The van der Waals surface area contributed by atoms with Gasteiger partial charge < -0.3 is 0 Å². The molecule has 12 nitrogen and oxygen atoms in total. The van der Waals surface area contributed by atoms with Gasteiger partial charge in [-0.25, -0.2) is 14.1 Å². The fraction of sp³-hybridized carbons (Fsp3) is 1.00. The molecule has 0 radical (unpaired) electrons. The Morgan fingerprint density at radius 1 is 0.675 bits per heavy atom. The first-order valence-electron chi connectivity index (χ1n) is 13.8. The normalized spacial score (nSPS) is 22.2. The van der Waals surface area contributed by atoms with E-state index in [1.165, 1.54) is 0 Å². The van der Waals surface area contributed by atoms with E-state index in [0.29, 0.717) is 0 Å². The van der Waals surface area contributed by atoms with Gasteiger partial charge in [0.15, 0.2) is 15.0 Å². The van der Waals surface area contributed by atoms with Crippen LogP contribution in [0.5, 0.6) is 0 Å². The first-order valence-corrected chi connectivity index (χ1v) is 20.4. The molecule has 40 heavy (non-hydrogen) atoms. The van der Waals surface area contributed by atoms with E-state index >= 15 is 0 Å². The highest BCUT2D eigenvalue weighted by Crippen LogP contribution is 2.81. The Hall–Kier alpha value is 0.600. The first-order chi connectivity index (χ1) is 17.7. The van der Waals surface area contributed by atoms with Crippen molar-refractivity contribution in [1.29, 1.82) is 0 Å². The van der Waals surface area contributed by atoms with Crippen LogP contribution < -0.4 is 0 Å². The van der Waals surface area contributed by atoms with Crippen LogP contribution in [0, 0.1) is 0 Å². The minimum absolute atomic E-state index is 0.255. The van der Waals surface area contributed by atoms with Gasteiger partial charge in [-0.3, -0.25) is 28.0 Å². The molecule has 0 aliphatic carbocycles. The molecule has 0 N–H and O–H groups in total. The predicted octanol–water partition coefficient (Wildman–Crippen LogP) is 7.05. The highest BCUT2D eigenvalue weighted by atomic mass is 31.3. The Bertz CT molecular complexity index is 1010. The lowest BCUT2D eigenvalue weighted by Crippen LogP contribution is -2.56. The summed E-state index contributed by atoms with van der Waals surface area (Å²) in [6.45, 7) is 15.6. The molecule has 240 valence electrons. The lowest BCUT2D eigenvalue weighted by atomic mass is 10.1. The van der Waals surface area contributed by atoms with E-state index in [0.717, 1.165) is 0 Å². The molecule has 1 aliphatic rings. The predicted molar refractivity (Wildman–Crippen MR) is 184 cm³/mol. The topological polar surface area (TPSA) is 75.4 Å². The molecule has 0 bridgehead atoms. The van der Waals surface area contributed by atoms with E-state index < -0.39 is 41.1 Å². The molecule has 0 fully saturated rings. The Morgan fingerprint density at radius 2 is 0.975 bits per heavy atom. The van der Waals surface area contributed by atoms with Crippen LogP contribution in [0.3, 0.4) is 0 Å². The summed E-state index contributed by atoms with van der Waals surface area (Å²) in [5.74, 6) is 0. The summed E-state index contributed by atoms with van der Waals surface area (Å²) < 4.78 is 42.4. The van der Waals surface area contributed by atoms with Crippen LogP contribution in [-0.2, 0) is 0 Å². The van der Waals surface area contributed by atoms with Crippen molar-refractivity contribution in [3.63, 3.8) is 0 Å². The molecule has 0 saturated heterocycles. The van der Waals surface area contributed by atoms with E-state index in [4.69, 9.17) is 18.3 Å². The Labute approximate surface area is 249 Å². The molecule has 1 aliphatic heterocycles. The second-order valence-electron chi connectivity index (χ2n) is 13.5. The van der Waals surface area contributed by atoms with Crippen LogP contribution >= 0.6 is 29.9 Å². The summed E-state index contributed by atoms with van der Waals surface area (Å²) in [5.41, 5.74) is -0.558. The third-order valence-corrected chi connectivity index (χ3v) is 24.9. The number of hydrogen-bond acceptors (Lipinski definition) is 7. The van der Waals surface area contributed by atoms with E-state index in [9.17, 15) is 0 Å². The zero-order chi connectivity index (χ0) is 32.0. The average Bonchev–Trinajstić information content (AvgIpc) is 2.75. The van der Waals surface area contributed by atoms with Crippen molar-refractivity contribution in [2.45, 2.75) is 65.3 Å². The van der Waals surface area contributed by atoms with Crippen LogP contribution in [0.2, 0.25) is 0 Å². The Morgan fingerprint density at radius 3 is 1.18 bits per heavy atom. The quantitative estimate of drug-likeness (QED) is 0.261. The Kier molecular flexibility index (Phi) is 12.5. The molecule has 0 aromatic carbocycles. The van der Waals surface area contributed by atoms with Gasteiger partial charge in [0.25, 0.3) is 0 Å². The molecular weight excluding hydrogens is 580 g/mol. The second kappa shape index (κ2) is 12.9. The highest BCUT2D eigenvalue weighted by molar-refractivity contribution is 7.81. The van der Waals surface area contributed by atoms with Gasteiger partial charge in [0.1, 0.15) is 7.36 Å². The monoisotopic (exact) mass is 644 g/mol. The van der Waals surface area contributed by atoms with Gasteiger partial charge >= 0.3 is 7.51 Å². The van der Waals surface area contributed by atoms with E-state index in [1.54, 1.807) is 0 Å². The third-order valence-electron chi connectivity index (χ3n) is 7.57. The molecule has 0 aromatic rings. The molecule has 0 atom stereocenters. The fourth-order valence-electron chi connectivity index (χ4n) is 5.65. The van der Waals surface area contributed by atoms with Crippen molar-refractivity contribution in [2.75, 3.05) is 98.7 Å². The number of nitrogens with zero attached hydrogens (tertiary/aromatic N) is 12. The molecular formula is C24H64N12P4. The van der Waals surface area contributed by atoms with Gasteiger partial charge in [-0.05, 0) is 133 Å². The summed E-state index contributed by atoms with van der Waals surface area (Å²) >= 11 is 0. The fourth-order valence-corrected chi connectivity index (χ4v) is 25.7. The molecule has 0 spiro atoms. The largest absolute Gasteiger partial charge is 0.305 e. The Balaban J connectivity index is 5.15. The molecule has 0 saturated carbocycles. The van der Waals surface area contributed by atoms with Crippen molar-refractivity contribution in [2.24, 2.45) is 18.3 Å². The zero-order valence-electron chi connectivity index (χ0n) is 29.7. The van der Waals surface area contributed by atoms with E-state index in [2.05, 4.69) is 184 Å². The van der Waals surface area contributed by atoms with Gasteiger partial charge in [0.2, 0.25) is 0 Å². The van der Waals surface area contributed by atoms with Gasteiger partial charge in [-0.1, -0.05) is 13.8 Å². The standard InChI is InChI=1S/C24H64N12P4/c1-22(2)37(29(8)9,30(10)11)26-38(25-23(3,4)5)27-39(31(12)13,32(14)15)35(20)24(6,7)36(21)40(28-38,33(16)17)34(18)19/h22H,1-21H3. The van der Waals surface area contributed by atoms with Gasteiger partial charge in [-0.15, -0.1) is 0 Å². The van der Waals surface area contributed by atoms with Crippen molar-refractivity contribution in [3.8, 4) is 0 Å². The van der Waals surface area contributed by atoms with Crippen molar-refractivity contribution in [1.82, 2.24) is 37.4 Å². The second-order valence-corrected chi connectivity index (χ2v) is 27.3. The van der Waals surface area contributed by atoms with Crippen LogP contribution in [0.1, 0.15) is 48.5 Å². The van der Waals surface area contributed by atoms with Crippen LogP contribution in [0.15, 0.2) is 18.3 Å². The smallest absolute Gasteiger partial charge is 0.264 e.